The Kier molecular flexibility index (Phi) is 4.30. The van der Waals surface area contributed by atoms with E-state index in [-0.39, 0.29) is 11.9 Å². The largest absolute Gasteiger partial charge is 0.466 e. The van der Waals surface area contributed by atoms with E-state index in [4.69, 9.17) is 4.74 Å². The van der Waals surface area contributed by atoms with Gasteiger partial charge in [-0.05, 0) is 25.3 Å². The van der Waals surface area contributed by atoms with Crippen molar-refractivity contribution in [1.82, 2.24) is 4.90 Å². The number of hydrogen-bond acceptors (Lipinski definition) is 4. The monoisotopic (exact) mass is 301 g/mol. The van der Waals surface area contributed by atoms with Gasteiger partial charge in [0, 0.05) is 32.0 Å². The van der Waals surface area contributed by atoms with Crippen molar-refractivity contribution in [3.8, 4) is 0 Å². The summed E-state index contributed by atoms with van der Waals surface area (Å²) in [6.07, 6.45) is 1.81. The number of Topliss-reactive ketones (excluding diaryl/α,β-unsaturated/α-hetero) is 1. The molecule has 2 bridgehead atoms. The van der Waals surface area contributed by atoms with Crippen LogP contribution in [0.2, 0.25) is 0 Å². The van der Waals surface area contributed by atoms with Gasteiger partial charge in [0.25, 0.3) is 0 Å². The van der Waals surface area contributed by atoms with Gasteiger partial charge in [-0.1, -0.05) is 30.3 Å². The molecule has 0 aromatic heterocycles. The zero-order chi connectivity index (χ0) is 15.6. The third-order valence-corrected chi connectivity index (χ3v) is 4.90. The predicted molar refractivity (Wildman–Crippen MR) is 83.1 cm³/mol. The van der Waals surface area contributed by atoms with Crippen molar-refractivity contribution in [3.05, 3.63) is 35.9 Å². The molecule has 2 fully saturated rings. The molecule has 0 radical (unpaired) electrons. The van der Waals surface area contributed by atoms with Gasteiger partial charge in [0.05, 0.1) is 12.0 Å². The van der Waals surface area contributed by atoms with E-state index in [1.807, 2.05) is 25.1 Å². The summed E-state index contributed by atoms with van der Waals surface area (Å²) in [4.78, 5) is 26.9. The summed E-state index contributed by atoms with van der Waals surface area (Å²) in [5.41, 5.74) is 0.732. The van der Waals surface area contributed by atoms with E-state index in [0.29, 0.717) is 38.2 Å². The fraction of sp³-hybridized carbons (Fsp3) is 0.556. The molecular formula is C18H23NO3. The minimum absolute atomic E-state index is 0.0179. The number of rotatable bonds is 4. The van der Waals surface area contributed by atoms with Crippen LogP contribution in [-0.2, 0) is 20.9 Å². The van der Waals surface area contributed by atoms with Crippen LogP contribution in [0.25, 0.3) is 0 Å². The molecule has 3 rings (SSSR count). The molecule has 118 valence electrons. The van der Waals surface area contributed by atoms with Crippen molar-refractivity contribution in [2.45, 2.75) is 32.7 Å². The van der Waals surface area contributed by atoms with E-state index in [1.54, 1.807) is 0 Å². The van der Waals surface area contributed by atoms with Gasteiger partial charge in [0.1, 0.15) is 5.78 Å². The highest BCUT2D eigenvalue weighted by atomic mass is 16.5. The lowest BCUT2D eigenvalue weighted by Gasteiger charge is -2.47. The van der Waals surface area contributed by atoms with E-state index in [2.05, 4.69) is 17.0 Å². The van der Waals surface area contributed by atoms with Gasteiger partial charge < -0.3 is 4.74 Å². The topological polar surface area (TPSA) is 46.6 Å². The number of esters is 1. The van der Waals surface area contributed by atoms with Crippen LogP contribution in [0.3, 0.4) is 0 Å². The Hall–Kier alpha value is -1.68. The minimum atomic E-state index is -0.485. The lowest BCUT2D eigenvalue weighted by atomic mass is 9.66. The van der Waals surface area contributed by atoms with E-state index in [9.17, 15) is 9.59 Å². The Balaban J connectivity index is 1.79. The first-order valence-electron chi connectivity index (χ1n) is 8.09. The SMILES string of the molecule is CCOC(=O)[C@]12CCC(=O)[C@H](CN(Cc3ccccc3)C1)C2. The van der Waals surface area contributed by atoms with Crippen molar-refractivity contribution >= 4 is 11.8 Å². The zero-order valence-corrected chi connectivity index (χ0v) is 13.1. The zero-order valence-electron chi connectivity index (χ0n) is 13.1. The fourth-order valence-corrected chi connectivity index (χ4v) is 3.86. The molecule has 22 heavy (non-hydrogen) atoms. The molecule has 1 aliphatic heterocycles. The number of carbonyl (C=O) groups is 2. The molecule has 0 amide bonds. The molecule has 2 aliphatic rings. The van der Waals surface area contributed by atoms with Crippen molar-refractivity contribution in [2.75, 3.05) is 19.7 Å². The Labute approximate surface area is 131 Å². The normalized spacial score (nSPS) is 28.4. The maximum Gasteiger partial charge on any atom is 0.313 e. The van der Waals surface area contributed by atoms with E-state index in [0.717, 1.165) is 13.1 Å². The third kappa shape index (κ3) is 2.93. The fourth-order valence-electron chi connectivity index (χ4n) is 3.86. The molecular weight excluding hydrogens is 278 g/mol. The number of carbonyl (C=O) groups excluding carboxylic acids is 2. The third-order valence-electron chi connectivity index (χ3n) is 4.90. The number of nitrogens with zero attached hydrogens (tertiary/aromatic N) is 1. The first kappa shape index (κ1) is 15.2. The molecule has 1 aliphatic carbocycles. The second-order valence-electron chi connectivity index (χ2n) is 6.52. The van der Waals surface area contributed by atoms with Gasteiger partial charge in [-0.2, -0.15) is 0 Å². The van der Waals surface area contributed by atoms with Crippen molar-refractivity contribution in [2.24, 2.45) is 11.3 Å². The number of benzene rings is 1. The minimum Gasteiger partial charge on any atom is -0.466 e. The van der Waals surface area contributed by atoms with Gasteiger partial charge in [0.15, 0.2) is 0 Å². The maximum atomic E-state index is 12.5. The highest BCUT2D eigenvalue weighted by Gasteiger charge is 2.51. The summed E-state index contributed by atoms with van der Waals surface area (Å²) >= 11 is 0. The Morgan fingerprint density at radius 1 is 1.36 bits per heavy atom. The van der Waals surface area contributed by atoms with Crippen molar-refractivity contribution < 1.29 is 14.3 Å². The number of hydrogen-bond donors (Lipinski definition) is 0. The summed E-state index contributed by atoms with van der Waals surface area (Å²) in [6.45, 7) is 4.48. The first-order chi connectivity index (χ1) is 10.6. The maximum absolute atomic E-state index is 12.5. The van der Waals surface area contributed by atoms with Crippen LogP contribution in [0.4, 0.5) is 0 Å². The molecule has 4 nitrogen and oxygen atoms in total. The summed E-state index contributed by atoms with van der Waals surface area (Å²) < 4.78 is 5.31. The van der Waals surface area contributed by atoms with E-state index < -0.39 is 5.41 Å². The Bertz CT molecular complexity index is 557. The van der Waals surface area contributed by atoms with Gasteiger partial charge in [-0.3, -0.25) is 14.5 Å². The number of fused-ring (bicyclic) bond motifs is 2. The molecule has 2 atom stereocenters. The number of ether oxygens (including phenoxy) is 1. The van der Waals surface area contributed by atoms with Crippen LogP contribution >= 0.6 is 0 Å². The quantitative estimate of drug-likeness (QED) is 0.801. The molecule has 0 unspecified atom stereocenters. The molecule has 1 heterocycles. The second kappa shape index (κ2) is 6.21. The molecule has 0 N–H and O–H groups in total. The second-order valence-corrected chi connectivity index (χ2v) is 6.52. The van der Waals surface area contributed by atoms with Gasteiger partial charge >= 0.3 is 5.97 Å². The van der Waals surface area contributed by atoms with Crippen LogP contribution in [0.15, 0.2) is 30.3 Å². The summed E-state index contributed by atoms with van der Waals surface area (Å²) in [7, 11) is 0. The number of ketones is 1. The lowest BCUT2D eigenvalue weighted by molar-refractivity contribution is -0.165. The number of likely N-dealkylation sites (tertiary alicyclic amines) is 1. The lowest BCUT2D eigenvalue weighted by Crippen LogP contribution is -2.55. The first-order valence-corrected chi connectivity index (χ1v) is 8.09. The van der Waals surface area contributed by atoms with Crippen molar-refractivity contribution in [3.63, 3.8) is 0 Å². The Morgan fingerprint density at radius 3 is 2.86 bits per heavy atom. The standard InChI is InChI=1S/C18H23NO3/c1-2-22-17(21)18-9-8-16(20)15(10-18)12-19(13-18)11-14-6-4-3-5-7-14/h3-7,15H,2,8-13H2,1H3/t15-,18-/m0/s1. The van der Waals surface area contributed by atoms with Gasteiger partial charge in [0.2, 0.25) is 0 Å². The Morgan fingerprint density at radius 2 is 2.14 bits per heavy atom. The molecule has 4 heteroatoms. The number of piperidine rings is 1. The van der Waals surface area contributed by atoms with Crippen LogP contribution in [-0.4, -0.2) is 36.3 Å². The molecule has 1 aromatic carbocycles. The molecule has 1 saturated carbocycles. The van der Waals surface area contributed by atoms with Gasteiger partial charge in [-0.15, -0.1) is 0 Å². The average Bonchev–Trinajstić information content (AvgIpc) is 2.52. The smallest absolute Gasteiger partial charge is 0.313 e. The summed E-state index contributed by atoms with van der Waals surface area (Å²) in [6, 6.07) is 10.2. The van der Waals surface area contributed by atoms with Gasteiger partial charge in [-0.25, -0.2) is 0 Å². The molecule has 1 saturated heterocycles. The molecule has 0 spiro atoms. The van der Waals surface area contributed by atoms with E-state index in [1.165, 1.54) is 5.56 Å². The summed E-state index contributed by atoms with van der Waals surface area (Å²) in [5, 5.41) is 0. The predicted octanol–water partition coefficient (Wildman–Crippen LogP) is 2.42. The van der Waals surface area contributed by atoms with Crippen LogP contribution in [0, 0.1) is 11.3 Å². The highest BCUT2D eigenvalue weighted by molar-refractivity contribution is 5.87. The van der Waals surface area contributed by atoms with Crippen LogP contribution in [0.5, 0.6) is 0 Å². The summed E-state index contributed by atoms with van der Waals surface area (Å²) in [5.74, 6) is 0.165. The highest BCUT2D eigenvalue weighted by Crippen LogP contribution is 2.43. The van der Waals surface area contributed by atoms with Crippen molar-refractivity contribution in [1.29, 1.82) is 0 Å². The van der Waals surface area contributed by atoms with E-state index >= 15 is 0 Å². The van der Waals surface area contributed by atoms with Crippen LogP contribution < -0.4 is 0 Å². The molecule has 1 aromatic rings. The average molecular weight is 301 g/mol. The van der Waals surface area contributed by atoms with Crippen LogP contribution in [0.1, 0.15) is 31.7 Å².